The molecule has 0 aromatic heterocycles. The fourth-order valence-electron chi connectivity index (χ4n) is 3.09. The lowest BCUT2D eigenvalue weighted by Crippen LogP contribution is -2.27. The third-order valence-electron chi connectivity index (χ3n) is 4.76. The van der Waals surface area contributed by atoms with Gasteiger partial charge in [-0.25, -0.2) is 0 Å². The first kappa shape index (κ1) is 24.7. The van der Waals surface area contributed by atoms with Gasteiger partial charge in [0.05, 0.1) is 25.6 Å². The van der Waals surface area contributed by atoms with Crippen LogP contribution in [0.1, 0.15) is 11.1 Å². The summed E-state index contributed by atoms with van der Waals surface area (Å²) in [5.41, 5.74) is 1.98. The largest absolute Gasteiger partial charge is 0.488 e. The van der Waals surface area contributed by atoms with Crippen molar-refractivity contribution in [3.8, 4) is 5.75 Å². The second-order valence-corrected chi connectivity index (χ2v) is 10.4. The number of halogens is 3. The molecule has 1 fully saturated rings. The predicted octanol–water partition coefficient (Wildman–Crippen LogP) is 7.65. The van der Waals surface area contributed by atoms with Crippen LogP contribution in [0.3, 0.4) is 0 Å². The molecule has 0 radical (unpaired) electrons. The summed E-state index contributed by atoms with van der Waals surface area (Å²) in [5.74, 6) is 0.260. The summed E-state index contributed by atoms with van der Waals surface area (Å²) in [7, 11) is 0. The van der Waals surface area contributed by atoms with E-state index < -0.39 is 4.92 Å². The van der Waals surface area contributed by atoms with E-state index in [0.717, 1.165) is 10.0 Å². The van der Waals surface area contributed by atoms with E-state index in [-0.39, 0.29) is 18.2 Å². The molecule has 0 bridgehead atoms. The van der Waals surface area contributed by atoms with Crippen LogP contribution in [0, 0.1) is 10.1 Å². The predicted molar refractivity (Wildman–Crippen MR) is 144 cm³/mol. The van der Waals surface area contributed by atoms with E-state index >= 15 is 0 Å². The minimum absolute atomic E-state index is 0.0112. The third kappa shape index (κ3) is 5.45. The number of ether oxygens (including phenoxy) is 1. The SMILES string of the molecule is O=C1/C(=C\c2cc(Br)ccc2OCc2ccc([N+](=O)[O-])cc2)SC(=S)N1c1ccc(Cl)c(Cl)c1. The average Bonchev–Trinajstić information content (AvgIpc) is 3.08. The van der Waals surface area contributed by atoms with Gasteiger partial charge in [0.1, 0.15) is 12.4 Å². The van der Waals surface area contributed by atoms with E-state index in [0.29, 0.717) is 36.3 Å². The highest BCUT2D eigenvalue weighted by atomic mass is 79.9. The lowest BCUT2D eigenvalue weighted by atomic mass is 10.1. The fourth-order valence-corrected chi connectivity index (χ4v) is 5.06. The molecule has 0 unspecified atom stereocenters. The molecule has 1 aliphatic heterocycles. The van der Waals surface area contributed by atoms with Gasteiger partial charge in [-0.1, -0.05) is 63.1 Å². The molecule has 0 saturated carbocycles. The Morgan fingerprint density at radius 2 is 1.82 bits per heavy atom. The van der Waals surface area contributed by atoms with E-state index in [9.17, 15) is 14.9 Å². The molecule has 0 spiro atoms. The first-order chi connectivity index (χ1) is 16.2. The van der Waals surface area contributed by atoms with Gasteiger partial charge in [-0.05, 0) is 60.2 Å². The van der Waals surface area contributed by atoms with Crippen LogP contribution in [0.5, 0.6) is 5.75 Å². The second kappa shape index (κ2) is 10.5. The maximum Gasteiger partial charge on any atom is 0.270 e. The molecule has 4 rings (SSSR count). The first-order valence-electron chi connectivity index (χ1n) is 9.61. The normalized spacial score (nSPS) is 14.7. The molecule has 3 aromatic carbocycles. The Morgan fingerprint density at radius 1 is 1.09 bits per heavy atom. The zero-order valence-corrected chi connectivity index (χ0v) is 21.8. The van der Waals surface area contributed by atoms with Gasteiger partial charge in [-0.3, -0.25) is 19.8 Å². The van der Waals surface area contributed by atoms with Gasteiger partial charge in [-0.15, -0.1) is 0 Å². The number of benzene rings is 3. The topological polar surface area (TPSA) is 72.7 Å². The summed E-state index contributed by atoms with van der Waals surface area (Å²) in [4.78, 5) is 25.4. The molecule has 0 atom stereocenters. The van der Waals surface area contributed by atoms with Crippen LogP contribution >= 0.6 is 63.1 Å². The van der Waals surface area contributed by atoms with Crippen molar-refractivity contribution in [2.45, 2.75) is 6.61 Å². The van der Waals surface area contributed by atoms with Crippen molar-refractivity contribution in [3.63, 3.8) is 0 Å². The van der Waals surface area contributed by atoms with Crippen molar-refractivity contribution in [1.82, 2.24) is 0 Å². The molecule has 6 nitrogen and oxygen atoms in total. The van der Waals surface area contributed by atoms with Crippen LogP contribution in [-0.4, -0.2) is 15.2 Å². The van der Waals surface area contributed by atoms with Crippen molar-refractivity contribution < 1.29 is 14.5 Å². The highest BCUT2D eigenvalue weighted by Gasteiger charge is 2.33. The Labute approximate surface area is 222 Å². The molecule has 3 aromatic rings. The minimum Gasteiger partial charge on any atom is -0.488 e. The number of nitro groups is 1. The summed E-state index contributed by atoms with van der Waals surface area (Å²) < 4.78 is 7.14. The number of amides is 1. The molecule has 0 N–H and O–H groups in total. The number of thioether (sulfide) groups is 1. The molecule has 1 aliphatic rings. The van der Waals surface area contributed by atoms with Crippen LogP contribution in [0.2, 0.25) is 10.0 Å². The van der Waals surface area contributed by atoms with Gasteiger partial charge in [0.2, 0.25) is 0 Å². The minimum atomic E-state index is -0.453. The Bertz CT molecular complexity index is 1350. The standard InChI is InChI=1S/C23H13BrCl2N2O4S2/c24-15-3-8-20(32-12-13-1-4-16(5-2-13)28(30)31)14(9-15)10-21-22(29)27(23(33)34-21)17-6-7-18(25)19(26)11-17/h1-11H,12H2/b21-10+. The maximum absolute atomic E-state index is 13.1. The number of anilines is 1. The third-order valence-corrected chi connectivity index (χ3v) is 7.29. The number of nitro benzene ring substituents is 1. The molecular formula is C23H13BrCl2N2O4S2. The quantitative estimate of drug-likeness (QED) is 0.126. The summed E-state index contributed by atoms with van der Waals surface area (Å²) in [5, 5.41) is 11.5. The highest BCUT2D eigenvalue weighted by Crippen LogP contribution is 2.39. The average molecular weight is 596 g/mol. The van der Waals surface area contributed by atoms with Gasteiger partial charge in [0.15, 0.2) is 4.32 Å². The molecule has 1 heterocycles. The van der Waals surface area contributed by atoms with E-state index in [4.69, 9.17) is 40.2 Å². The fraction of sp³-hybridized carbons (Fsp3) is 0.0435. The maximum atomic E-state index is 13.1. The van der Waals surface area contributed by atoms with Gasteiger partial charge in [-0.2, -0.15) is 0 Å². The second-order valence-electron chi connectivity index (χ2n) is 7.01. The van der Waals surface area contributed by atoms with E-state index in [1.807, 2.05) is 12.1 Å². The Morgan fingerprint density at radius 3 is 2.50 bits per heavy atom. The Kier molecular flexibility index (Phi) is 7.59. The smallest absolute Gasteiger partial charge is 0.270 e. The molecule has 11 heteroatoms. The molecule has 1 amide bonds. The van der Waals surface area contributed by atoms with Gasteiger partial charge in [0, 0.05) is 22.2 Å². The first-order valence-corrected chi connectivity index (χ1v) is 12.4. The molecule has 0 aliphatic carbocycles. The number of carbonyl (C=O) groups excluding carboxylic acids is 1. The van der Waals surface area contributed by atoms with E-state index in [1.54, 1.807) is 42.5 Å². The highest BCUT2D eigenvalue weighted by molar-refractivity contribution is 9.10. The zero-order chi connectivity index (χ0) is 24.4. The number of thiocarbonyl (C=S) groups is 1. The van der Waals surface area contributed by atoms with Crippen molar-refractivity contribution in [3.05, 3.63) is 101 Å². The van der Waals surface area contributed by atoms with Crippen LogP contribution in [0.25, 0.3) is 6.08 Å². The van der Waals surface area contributed by atoms with Crippen molar-refractivity contribution in [2.24, 2.45) is 0 Å². The number of carbonyl (C=O) groups is 1. The molecule has 1 saturated heterocycles. The number of non-ortho nitro benzene ring substituents is 1. The number of rotatable bonds is 6. The van der Waals surface area contributed by atoms with Crippen LogP contribution in [-0.2, 0) is 11.4 Å². The van der Waals surface area contributed by atoms with Crippen molar-refractivity contribution in [1.29, 1.82) is 0 Å². The number of hydrogen-bond acceptors (Lipinski definition) is 6. The van der Waals surface area contributed by atoms with Gasteiger partial charge >= 0.3 is 0 Å². The zero-order valence-electron chi connectivity index (χ0n) is 17.0. The van der Waals surface area contributed by atoms with Crippen molar-refractivity contribution >= 4 is 90.8 Å². The number of nitrogens with zero attached hydrogens (tertiary/aromatic N) is 2. The Hall–Kier alpha value is -2.43. The van der Waals surface area contributed by atoms with Crippen LogP contribution in [0.4, 0.5) is 11.4 Å². The molecule has 34 heavy (non-hydrogen) atoms. The summed E-state index contributed by atoms with van der Waals surface area (Å²) in [6.07, 6.45) is 1.72. The van der Waals surface area contributed by atoms with Gasteiger partial charge < -0.3 is 4.74 Å². The summed E-state index contributed by atoms with van der Waals surface area (Å²) in [6.45, 7) is 0.199. The Balaban J connectivity index is 1.58. The monoisotopic (exact) mass is 594 g/mol. The summed E-state index contributed by atoms with van der Waals surface area (Å²) in [6, 6.07) is 16.4. The summed E-state index contributed by atoms with van der Waals surface area (Å²) >= 11 is 22.2. The lowest BCUT2D eigenvalue weighted by Gasteiger charge is -2.15. The number of hydrogen-bond donors (Lipinski definition) is 0. The van der Waals surface area contributed by atoms with Crippen LogP contribution in [0.15, 0.2) is 70.0 Å². The molecule has 172 valence electrons. The van der Waals surface area contributed by atoms with Gasteiger partial charge in [0.25, 0.3) is 11.6 Å². The van der Waals surface area contributed by atoms with E-state index in [1.165, 1.54) is 28.8 Å². The van der Waals surface area contributed by atoms with Crippen molar-refractivity contribution in [2.75, 3.05) is 4.90 Å². The lowest BCUT2D eigenvalue weighted by molar-refractivity contribution is -0.384. The van der Waals surface area contributed by atoms with Crippen LogP contribution < -0.4 is 9.64 Å². The van der Waals surface area contributed by atoms with E-state index in [2.05, 4.69) is 15.9 Å². The molecular weight excluding hydrogens is 583 g/mol.